The normalized spacial score (nSPS) is 16.4. The van der Waals surface area contributed by atoms with E-state index in [9.17, 15) is 5.26 Å². The Labute approximate surface area is 140 Å². The lowest BCUT2D eigenvalue weighted by atomic mass is 9.82. The maximum Gasteiger partial charge on any atom is 0.205 e. The SMILES string of the molecule is Cc1cccc([C@@H]2C(C#N)=C(N)Oc3c2ccc2ccccc32)c1. The molecule has 0 bridgehead atoms. The Hall–Kier alpha value is -3.25. The number of nitrogens with two attached hydrogens (primary N) is 1. The van der Waals surface area contributed by atoms with Crippen molar-refractivity contribution in [2.24, 2.45) is 5.73 Å². The first-order valence-electron chi connectivity index (χ1n) is 7.85. The van der Waals surface area contributed by atoms with Gasteiger partial charge in [0.15, 0.2) is 0 Å². The molecule has 1 atom stereocenters. The molecule has 116 valence electrons. The fraction of sp³-hybridized carbons (Fsp3) is 0.0952. The molecular weight excluding hydrogens is 296 g/mol. The van der Waals surface area contributed by atoms with Crippen LogP contribution >= 0.6 is 0 Å². The van der Waals surface area contributed by atoms with Gasteiger partial charge in [-0.3, -0.25) is 0 Å². The van der Waals surface area contributed by atoms with E-state index in [0.717, 1.165) is 33.2 Å². The number of aryl methyl sites for hydroxylation is 1. The molecule has 1 aliphatic heterocycles. The highest BCUT2D eigenvalue weighted by Crippen LogP contribution is 2.45. The van der Waals surface area contributed by atoms with Gasteiger partial charge in [-0.15, -0.1) is 0 Å². The zero-order valence-electron chi connectivity index (χ0n) is 13.3. The van der Waals surface area contributed by atoms with Crippen molar-refractivity contribution in [1.82, 2.24) is 0 Å². The Kier molecular flexibility index (Phi) is 3.25. The van der Waals surface area contributed by atoms with Gasteiger partial charge >= 0.3 is 0 Å². The highest BCUT2D eigenvalue weighted by Gasteiger charge is 2.31. The number of hydrogen-bond acceptors (Lipinski definition) is 3. The topological polar surface area (TPSA) is 59.0 Å². The van der Waals surface area contributed by atoms with Crippen molar-refractivity contribution in [2.45, 2.75) is 12.8 Å². The van der Waals surface area contributed by atoms with E-state index in [2.05, 4.69) is 18.2 Å². The fourth-order valence-electron chi connectivity index (χ4n) is 3.38. The van der Waals surface area contributed by atoms with Crippen molar-refractivity contribution < 1.29 is 4.74 Å². The van der Waals surface area contributed by atoms with Gasteiger partial charge in [-0.05, 0) is 17.9 Å². The van der Waals surface area contributed by atoms with E-state index in [1.807, 2.05) is 55.5 Å². The highest BCUT2D eigenvalue weighted by molar-refractivity contribution is 5.90. The predicted molar refractivity (Wildman–Crippen MR) is 94.4 cm³/mol. The molecule has 3 aromatic rings. The van der Waals surface area contributed by atoms with Crippen LogP contribution in [-0.4, -0.2) is 0 Å². The number of fused-ring (bicyclic) bond motifs is 3. The Morgan fingerprint density at radius 3 is 2.67 bits per heavy atom. The Morgan fingerprint density at radius 2 is 1.88 bits per heavy atom. The second kappa shape index (κ2) is 5.43. The first-order chi connectivity index (χ1) is 11.7. The molecule has 0 radical (unpaired) electrons. The summed E-state index contributed by atoms with van der Waals surface area (Å²) in [5.74, 6) is 0.729. The maximum absolute atomic E-state index is 9.63. The fourth-order valence-corrected chi connectivity index (χ4v) is 3.38. The van der Waals surface area contributed by atoms with Crippen LogP contribution in [0.5, 0.6) is 5.75 Å². The molecule has 0 spiro atoms. The summed E-state index contributed by atoms with van der Waals surface area (Å²) in [4.78, 5) is 0. The summed E-state index contributed by atoms with van der Waals surface area (Å²) in [5, 5.41) is 11.7. The number of allylic oxidation sites excluding steroid dienone is 1. The van der Waals surface area contributed by atoms with Crippen LogP contribution in [0.15, 0.2) is 72.1 Å². The minimum absolute atomic E-state index is 0.188. The van der Waals surface area contributed by atoms with Gasteiger partial charge in [0.2, 0.25) is 5.88 Å². The van der Waals surface area contributed by atoms with Gasteiger partial charge in [0.25, 0.3) is 0 Å². The van der Waals surface area contributed by atoms with Crippen LogP contribution in [0, 0.1) is 18.3 Å². The van der Waals surface area contributed by atoms with Gasteiger partial charge in [0.05, 0.1) is 5.92 Å². The molecule has 1 aliphatic rings. The summed E-state index contributed by atoms with van der Waals surface area (Å²) in [6.45, 7) is 2.04. The molecule has 1 heterocycles. The summed E-state index contributed by atoms with van der Waals surface area (Å²) >= 11 is 0. The minimum Gasteiger partial charge on any atom is -0.440 e. The molecule has 4 rings (SSSR count). The molecule has 24 heavy (non-hydrogen) atoms. The first kappa shape index (κ1) is 14.3. The van der Waals surface area contributed by atoms with E-state index in [1.54, 1.807) is 0 Å². The van der Waals surface area contributed by atoms with E-state index in [4.69, 9.17) is 10.5 Å². The molecule has 3 heteroatoms. The molecule has 0 saturated heterocycles. The summed E-state index contributed by atoms with van der Waals surface area (Å²) < 4.78 is 5.87. The first-order valence-corrected chi connectivity index (χ1v) is 7.85. The quantitative estimate of drug-likeness (QED) is 0.726. The number of benzene rings is 3. The summed E-state index contributed by atoms with van der Waals surface area (Å²) in [6, 6.07) is 22.6. The van der Waals surface area contributed by atoms with E-state index < -0.39 is 0 Å². The van der Waals surface area contributed by atoms with Gasteiger partial charge in [0.1, 0.15) is 17.4 Å². The zero-order chi connectivity index (χ0) is 16.7. The molecule has 3 nitrogen and oxygen atoms in total. The molecule has 0 aliphatic carbocycles. The van der Waals surface area contributed by atoms with E-state index in [0.29, 0.717) is 5.57 Å². The molecule has 0 aromatic heterocycles. The maximum atomic E-state index is 9.63. The second-order valence-electron chi connectivity index (χ2n) is 6.04. The summed E-state index contributed by atoms with van der Waals surface area (Å²) in [6.07, 6.45) is 0. The largest absolute Gasteiger partial charge is 0.440 e. The van der Waals surface area contributed by atoms with Crippen LogP contribution in [0.25, 0.3) is 10.8 Å². The molecule has 3 aromatic carbocycles. The number of ether oxygens (including phenoxy) is 1. The lowest BCUT2D eigenvalue weighted by molar-refractivity contribution is 0.398. The number of hydrogen-bond donors (Lipinski definition) is 1. The van der Waals surface area contributed by atoms with Crippen molar-refractivity contribution in [2.75, 3.05) is 0 Å². The van der Waals surface area contributed by atoms with Gasteiger partial charge in [-0.1, -0.05) is 66.2 Å². The zero-order valence-corrected chi connectivity index (χ0v) is 13.3. The van der Waals surface area contributed by atoms with Crippen LogP contribution in [0.3, 0.4) is 0 Å². The highest BCUT2D eigenvalue weighted by atomic mass is 16.5. The van der Waals surface area contributed by atoms with Crippen LogP contribution in [0.1, 0.15) is 22.6 Å². The minimum atomic E-state index is -0.205. The molecule has 2 N–H and O–H groups in total. The molecule has 0 unspecified atom stereocenters. The summed E-state index contributed by atoms with van der Waals surface area (Å²) in [7, 11) is 0. The second-order valence-corrected chi connectivity index (χ2v) is 6.04. The van der Waals surface area contributed by atoms with E-state index in [-0.39, 0.29) is 11.8 Å². The lowest BCUT2D eigenvalue weighted by Gasteiger charge is -2.27. The average molecular weight is 312 g/mol. The Morgan fingerprint density at radius 1 is 1.04 bits per heavy atom. The predicted octanol–water partition coefficient (Wildman–Crippen LogP) is 4.37. The third-order valence-corrected chi connectivity index (χ3v) is 4.48. The average Bonchev–Trinajstić information content (AvgIpc) is 2.60. The van der Waals surface area contributed by atoms with Crippen LogP contribution in [0.2, 0.25) is 0 Å². The smallest absolute Gasteiger partial charge is 0.205 e. The standard InChI is InChI=1S/C21H16N2O/c1-13-5-4-7-15(11-13)19-17-10-9-14-6-2-3-8-16(14)20(17)24-21(23)18(19)12-22/h2-11,19H,23H2,1H3/t19-/m0/s1. The van der Waals surface area contributed by atoms with E-state index >= 15 is 0 Å². The van der Waals surface area contributed by atoms with Crippen molar-refractivity contribution in [3.63, 3.8) is 0 Å². The molecule has 0 saturated carbocycles. The Balaban J connectivity index is 2.02. The third kappa shape index (κ3) is 2.12. The van der Waals surface area contributed by atoms with Crippen molar-refractivity contribution >= 4 is 10.8 Å². The van der Waals surface area contributed by atoms with Crippen LogP contribution < -0.4 is 10.5 Å². The van der Waals surface area contributed by atoms with Gasteiger partial charge in [0, 0.05) is 10.9 Å². The van der Waals surface area contributed by atoms with E-state index in [1.165, 1.54) is 0 Å². The van der Waals surface area contributed by atoms with Crippen molar-refractivity contribution in [3.8, 4) is 11.8 Å². The van der Waals surface area contributed by atoms with Crippen molar-refractivity contribution in [3.05, 3.63) is 88.8 Å². The van der Waals surface area contributed by atoms with Crippen LogP contribution in [0.4, 0.5) is 0 Å². The number of rotatable bonds is 1. The number of nitriles is 1. The number of nitrogens with zero attached hydrogens (tertiary/aromatic N) is 1. The molecule has 0 amide bonds. The van der Waals surface area contributed by atoms with Crippen LogP contribution in [-0.2, 0) is 0 Å². The molecular formula is C21H16N2O. The monoisotopic (exact) mass is 312 g/mol. The summed E-state index contributed by atoms with van der Waals surface area (Å²) in [5.41, 5.74) is 9.73. The Bertz CT molecular complexity index is 1030. The van der Waals surface area contributed by atoms with Gasteiger partial charge in [-0.25, -0.2) is 0 Å². The van der Waals surface area contributed by atoms with Gasteiger partial charge < -0.3 is 10.5 Å². The van der Waals surface area contributed by atoms with Gasteiger partial charge in [-0.2, -0.15) is 5.26 Å². The third-order valence-electron chi connectivity index (χ3n) is 4.48. The molecule has 0 fully saturated rings. The lowest BCUT2D eigenvalue weighted by Crippen LogP contribution is -2.21. The van der Waals surface area contributed by atoms with Crippen molar-refractivity contribution in [1.29, 1.82) is 5.26 Å².